The average molecular weight is 246 g/mol. The number of carbonyl (C=O) groups is 1. The molecular formula is C10H18N2O3S. The predicted molar refractivity (Wildman–Crippen MR) is 60.0 cm³/mol. The maximum Gasteiger partial charge on any atom is 0.237 e. The highest BCUT2D eigenvalue weighted by Crippen LogP contribution is 2.42. The Morgan fingerprint density at radius 2 is 2.00 bits per heavy atom. The van der Waals surface area contributed by atoms with Gasteiger partial charge in [0.2, 0.25) is 15.9 Å². The maximum atomic E-state index is 11.6. The van der Waals surface area contributed by atoms with Crippen molar-refractivity contribution in [1.82, 2.24) is 4.72 Å². The van der Waals surface area contributed by atoms with Gasteiger partial charge in [-0.1, -0.05) is 6.42 Å². The fourth-order valence-electron chi connectivity index (χ4n) is 2.13. The van der Waals surface area contributed by atoms with Crippen molar-refractivity contribution in [2.75, 3.05) is 6.54 Å². The Labute approximate surface area is 95.8 Å². The molecule has 0 bridgehead atoms. The number of nitrogens with two attached hydrogens (primary N) is 1. The van der Waals surface area contributed by atoms with Crippen molar-refractivity contribution in [1.29, 1.82) is 0 Å². The quantitative estimate of drug-likeness (QED) is 0.720. The maximum absolute atomic E-state index is 11.6. The summed E-state index contributed by atoms with van der Waals surface area (Å²) in [6.45, 7) is 0.462. The van der Waals surface area contributed by atoms with Gasteiger partial charge in [0.05, 0.1) is 5.25 Å². The molecule has 0 aromatic heterocycles. The summed E-state index contributed by atoms with van der Waals surface area (Å²) in [5, 5.41) is -0.341. The van der Waals surface area contributed by atoms with E-state index in [9.17, 15) is 13.2 Å². The standard InChI is InChI=1S/C10H18N2O3S/c11-7-10(4-1-5-10)6-9(13)12-16(14,15)8-2-3-8/h8H,1-7,11H2,(H,12,13). The van der Waals surface area contributed by atoms with Crippen molar-refractivity contribution < 1.29 is 13.2 Å². The zero-order valence-electron chi connectivity index (χ0n) is 9.24. The first-order valence-corrected chi connectivity index (χ1v) is 7.27. The van der Waals surface area contributed by atoms with Gasteiger partial charge in [0.15, 0.2) is 0 Å². The second-order valence-corrected chi connectivity index (χ2v) is 6.96. The van der Waals surface area contributed by atoms with E-state index in [0.717, 1.165) is 19.3 Å². The van der Waals surface area contributed by atoms with Gasteiger partial charge < -0.3 is 5.73 Å². The molecule has 0 aromatic carbocycles. The lowest BCUT2D eigenvalue weighted by molar-refractivity contribution is -0.122. The van der Waals surface area contributed by atoms with Crippen LogP contribution < -0.4 is 10.5 Å². The highest BCUT2D eigenvalue weighted by atomic mass is 32.2. The molecule has 2 saturated carbocycles. The normalized spacial score (nSPS) is 23.6. The van der Waals surface area contributed by atoms with Crippen LogP contribution in [0.3, 0.4) is 0 Å². The largest absolute Gasteiger partial charge is 0.330 e. The van der Waals surface area contributed by atoms with Crippen LogP contribution in [0.25, 0.3) is 0 Å². The second kappa shape index (κ2) is 4.00. The van der Waals surface area contributed by atoms with Gasteiger partial charge >= 0.3 is 0 Å². The van der Waals surface area contributed by atoms with E-state index in [2.05, 4.69) is 4.72 Å². The first kappa shape index (κ1) is 11.9. The number of hydrogen-bond acceptors (Lipinski definition) is 4. The lowest BCUT2D eigenvalue weighted by Gasteiger charge is -2.40. The van der Waals surface area contributed by atoms with Crippen LogP contribution in [0.1, 0.15) is 38.5 Å². The summed E-state index contributed by atoms with van der Waals surface area (Å²) in [7, 11) is -3.39. The summed E-state index contributed by atoms with van der Waals surface area (Å²) in [6, 6.07) is 0. The van der Waals surface area contributed by atoms with Gasteiger partial charge in [-0.15, -0.1) is 0 Å². The van der Waals surface area contributed by atoms with Crippen molar-refractivity contribution in [3.63, 3.8) is 0 Å². The summed E-state index contributed by atoms with van der Waals surface area (Å²) in [6.07, 6.45) is 4.53. The van der Waals surface area contributed by atoms with Crippen molar-refractivity contribution in [2.45, 2.75) is 43.8 Å². The fourth-order valence-corrected chi connectivity index (χ4v) is 3.44. The van der Waals surface area contributed by atoms with Crippen LogP contribution in [0.15, 0.2) is 0 Å². The molecule has 16 heavy (non-hydrogen) atoms. The van der Waals surface area contributed by atoms with Crippen LogP contribution in [-0.4, -0.2) is 26.1 Å². The Hall–Kier alpha value is -0.620. The number of amides is 1. The summed E-state index contributed by atoms with van der Waals surface area (Å²) in [5.41, 5.74) is 5.49. The van der Waals surface area contributed by atoms with Crippen molar-refractivity contribution in [3.8, 4) is 0 Å². The molecule has 0 saturated heterocycles. The Kier molecular flexibility index (Phi) is 2.96. The molecule has 0 aromatic rings. The molecule has 0 spiro atoms. The van der Waals surface area contributed by atoms with E-state index in [1.54, 1.807) is 0 Å². The van der Waals surface area contributed by atoms with Gasteiger partial charge in [0.1, 0.15) is 0 Å². The monoisotopic (exact) mass is 246 g/mol. The van der Waals surface area contributed by atoms with Gasteiger partial charge in [-0.2, -0.15) is 0 Å². The number of nitrogens with one attached hydrogen (secondary N) is 1. The SMILES string of the molecule is NCC1(CC(=O)NS(=O)(=O)C2CC2)CCC1. The Balaban J connectivity index is 1.88. The van der Waals surface area contributed by atoms with Crippen LogP contribution in [0.4, 0.5) is 0 Å². The van der Waals surface area contributed by atoms with E-state index in [0.29, 0.717) is 19.4 Å². The zero-order valence-corrected chi connectivity index (χ0v) is 10.1. The number of carbonyl (C=O) groups excluding carboxylic acids is 1. The minimum Gasteiger partial charge on any atom is -0.330 e. The van der Waals surface area contributed by atoms with Gasteiger partial charge in [-0.25, -0.2) is 8.42 Å². The third kappa shape index (κ3) is 2.38. The highest BCUT2D eigenvalue weighted by molar-refractivity contribution is 7.90. The molecule has 0 unspecified atom stereocenters. The zero-order chi connectivity index (χ0) is 11.8. The number of rotatable bonds is 5. The molecule has 2 aliphatic rings. The Morgan fingerprint density at radius 1 is 1.38 bits per heavy atom. The third-order valence-corrected chi connectivity index (χ3v) is 5.46. The van der Waals surface area contributed by atoms with Crippen LogP contribution in [0.5, 0.6) is 0 Å². The first-order valence-electron chi connectivity index (χ1n) is 5.72. The van der Waals surface area contributed by atoms with E-state index >= 15 is 0 Å². The molecular weight excluding hydrogens is 228 g/mol. The summed E-state index contributed by atoms with van der Waals surface area (Å²) >= 11 is 0. The van der Waals surface area contributed by atoms with Gasteiger partial charge in [0.25, 0.3) is 0 Å². The molecule has 92 valence electrons. The fraction of sp³-hybridized carbons (Fsp3) is 0.900. The number of hydrogen-bond donors (Lipinski definition) is 2. The summed E-state index contributed by atoms with van der Waals surface area (Å²) in [5.74, 6) is -0.392. The van der Waals surface area contributed by atoms with Crippen molar-refractivity contribution in [3.05, 3.63) is 0 Å². The molecule has 6 heteroatoms. The lowest BCUT2D eigenvalue weighted by Crippen LogP contribution is -2.43. The van der Waals surface area contributed by atoms with E-state index in [1.165, 1.54) is 0 Å². The molecule has 2 aliphatic carbocycles. The molecule has 2 rings (SSSR count). The van der Waals surface area contributed by atoms with Gasteiger partial charge in [-0.3, -0.25) is 9.52 Å². The molecule has 2 fully saturated rings. The predicted octanol–water partition coefficient (Wildman–Crippen LogP) is 0.114. The molecule has 0 atom stereocenters. The Bertz CT molecular complexity index is 377. The third-order valence-electron chi connectivity index (χ3n) is 3.60. The summed E-state index contributed by atoms with van der Waals surface area (Å²) < 4.78 is 25.2. The van der Waals surface area contributed by atoms with Crippen LogP contribution in [-0.2, 0) is 14.8 Å². The topological polar surface area (TPSA) is 89.3 Å². The average Bonchev–Trinajstić information content (AvgIpc) is 2.93. The summed E-state index contributed by atoms with van der Waals surface area (Å²) in [4.78, 5) is 11.6. The second-order valence-electron chi connectivity index (χ2n) is 5.00. The minimum atomic E-state index is -3.39. The smallest absolute Gasteiger partial charge is 0.237 e. The van der Waals surface area contributed by atoms with E-state index < -0.39 is 15.9 Å². The van der Waals surface area contributed by atoms with Crippen molar-refractivity contribution >= 4 is 15.9 Å². The first-order chi connectivity index (χ1) is 7.47. The van der Waals surface area contributed by atoms with Gasteiger partial charge in [-0.05, 0) is 37.6 Å². The highest BCUT2D eigenvalue weighted by Gasteiger charge is 2.41. The number of sulfonamides is 1. The van der Waals surface area contributed by atoms with E-state index in [1.807, 2.05) is 0 Å². The molecule has 1 amide bonds. The van der Waals surface area contributed by atoms with Crippen LogP contribution in [0.2, 0.25) is 0 Å². The minimum absolute atomic E-state index is 0.136. The Morgan fingerprint density at radius 3 is 2.38 bits per heavy atom. The van der Waals surface area contributed by atoms with Crippen LogP contribution >= 0.6 is 0 Å². The molecule has 5 nitrogen and oxygen atoms in total. The molecule has 0 radical (unpaired) electrons. The van der Waals surface area contributed by atoms with E-state index in [4.69, 9.17) is 5.73 Å². The molecule has 3 N–H and O–H groups in total. The molecule has 0 heterocycles. The van der Waals surface area contributed by atoms with Crippen LogP contribution in [0, 0.1) is 5.41 Å². The lowest BCUT2D eigenvalue weighted by atomic mass is 9.66. The van der Waals surface area contributed by atoms with E-state index in [-0.39, 0.29) is 17.1 Å². The van der Waals surface area contributed by atoms with Crippen molar-refractivity contribution in [2.24, 2.45) is 11.1 Å². The van der Waals surface area contributed by atoms with Gasteiger partial charge in [0, 0.05) is 6.42 Å². The molecule has 0 aliphatic heterocycles.